The zero-order valence-corrected chi connectivity index (χ0v) is 21.2. The van der Waals surface area contributed by atoms with E-state index in [1.54, 1.807) is 26.0 Å². The summed E-state index contributed by atoms with van der Waals surface area (Å²) in [7, 11) is -3.70. The molecule has 1 amide bonds. The third-order valence-corrected chi connectivity index (χ3v) is 7.99. The highest BCUT2D eigenvalue weighted by Gasteiger charge is 2.26. The lowest BCUT2D eigenvalue weighted by Gasteiger charge is -2.31. The van der Waals surface area contributed by atoms with Gasteiger partial charge in [-0.25, -0.2) is 8.42 Å². The maximum atomic E-state index is 13.4. The van der Waals surface area contributed by atoms with E-state index < -0.39 is 10.0 Å². The van der Waals surface area contributed by atoms with Crippen LogP contribution in [0.2, 0.25) is 0 Å². The first kappa shape index (κ1) is 26.0. The van der Waals surface area contributed by atoms with Gasteiger partial charge in [-0.3, -0.25) is 4.79 Å². The maximum Gasteiger partial charge on any atom is 0.253 e. The highest BCUT2D eigenvalue weighted by molar-refractivity contribution is 7.89. The summed E-state index contributed by atoms with van der Waals surface area (Å²) in [4.78, 5) is 15.6. The Labute approximate surface area is 202 Å². The fourth-order valence-corrected chi connectivity index (χ4v) is 5.51. The summed E-state index contributed by atoms with van der Waals surface area (Å²) in [5, 5.41) is 3.03. The quantitative estimate of drug-likeness (QED) is 0.550. The Morgan fingerprint density at radius 3 is 2.32 bits per heavy atom. The van der Waals surface area contributed by atoms with Crippen molar-refractivity contribution < 1.29 is 22.7 Å². The second-order valence-corrected chi connectivity index (χ2v) is 10.0. The number of carbonyl (C=O) groups excluding carboxylic acids is 1. The van der Waals surface area contributed by atoms with Crippen molar-refractivity contribution >= 4 is 21.6 Å². The van der Waals surface area contributed by atoms with Crippen LogP contribution in [0.3, 0.4) is 0 Å². The minimum absolute atomic E-state index is 0.118. The van der Waals surface area contributed by atoms with Crippen LogP contribution in [0, 0.1) is 0 Å². The molecule has 1 aliphatic heterocycles. The molecule has 1 aliphatic rings. The van der Waals surface area contributed by atoms with Gasteiger partial charge in [-0.05, 0) is 49.7 Å². The molecule has 3 rings (SSSR count). The van der Waals surface area contributed by atoms with Crippen LogP contribution in [0.5, 0.6) is 5.75 Å². The summed E-state index contributed by atoms with van der Waals surface area (Å²) in [5.41, 5.74) is 1.97. The highest BCUT2D eigenvalue weighted by Crippen LogP contribution is 2.28. The summed E-state index contributed by atoms with van der Waals surface area (Å²) in [5.74, 6) is 0.452. The summed E-state index contributed by atoms with van der Waals surface area (Å²) in [6, 6.07) is 12.1. The second kappa shape index (κ2) is 11.7. The van der Waals surface area contributed by atoms with Crippen molar-refractivity contribution in [3.8, 4) is 5.75 Å². The van der Waals surface area contributed by atoms with E-state index in [9.17, 15) is 13.2 Å². The van der Waals surface area contributed by atoms with Crippen molar-refractivity contribution in [3.63, 3.8) is 0 Å². The molecule has 2 aromatic carbocycles. The van der Waals surface area contributed by atoms with E-state index in [1.165, 1.54) is 10.4 Å². The van der Waals surface area contributed by atoms with Crippen LogP contribution in [-0.2, 0) is 14.8 Å². The Morgan fingerprint density at radius 1 is 1.09 bits per heavy atom. The van der Waals surface area contributed by atoms with Gasteiger partial charge in [-0.1, -0.05) is 26.0 Å². The van der Waals surface area contributed by atoms with Crippen LogP contribution < -0.4 is 15.0 Å². The number of nitrogens with one attached hydrogen (secondary N) is 1. The van der Waals surface area contributed by atoms with Gasteiger partial charge in [0.05, 0.1) is 36.3 Å². The van der Waals surface area contributed by atoms with E-state index in [-0.39, 0.29) is 16.8 Å². The monoisotopic (exact) mass is 489 g/mol. The number of rotatable bonds is 10. The van der Waals surface area contributed by atoms with Gasteiger partial charge in [0, 0.05) is 31.9 Å². The van der Waals surface area contributed by atoms with Crippen LogP contribution in [0.1, 0.15) is 49.7 Å². The van der Waals surface area contributed by atoms with Crippen molar-refractivity contribution in [1.29, 1.82) is 0 Å². The number of anilines is 1. The summed E-state index contributed by atoms with van der Waals surface area (Å²) < 4.78 is 38.6. The Bertz CT molecular complexity index is 1060. The summed E-state index contributed by atoms with van der Waals surface area (Å²) in [6.45, 7) is 11.1. The maximum absolute atomic E-state index is 13.4. The first-order chi connectivity index (χ1) is 16.3. The van der Waals surface area contributed by atoms with Crippen LogP contribution in [0.4, 0.5) is 5.69 Å². The number of sulfonamides is 1. The Kier molecular flexibility index (Phi) is 8.93. The fraction of sp³-hybridized carbons (Fsp3) is 0.480. The molecule has 0 radical (unpaired) electrons. The van der Waals surface area contributed by atoms with Crippen LogP contribution in [0.25, 0.3) is 0 Å². The molecule has 1 saturated heterocycles. The average Bonchev–Trinajstić information content (AvgIpc) is 2.85. The molecular weight excluding hydrogens is 454 g/mol. The fourth-order valence-electron chi connectivity index (χ4n) is 4.03. The number of ether oxygens (including phenoxy) is 2. The molecule has 0 aromatic heterocycles. The molecule has 2 aromatic rings. The molecule has 0 spiro atoms. The topological polar surface area (TPSA) is 88.2 Å². The smallest absolute Gasteiger partial charge is 0.253 e. The number of hydrogen-bond donors (Lipinski definition) is 1. The van der Waals surface area contributed by atoms with E-state index in [0.717, 1.165) is 11.3 Å². The van der Waals surface area contributed by atoms with Gasteiger partial charge < -0.3 is 19.7 Å². The summed E-state index contributed by atoms with van der Waals surface area (Å²) in [6.07, 6.45) is 0. The molecule has 1 N–H and O–H groups in total. The molecule has 9 heteroatoms. The largest absolute Gasteiger partial charge is 0.494 e. The van der Waals surface area contributed by atoms with E-state index in [0.29, 0.717) is 57.3 Å². The van der Waals surface area contributed by atoms with E-state index in [4.69, 9.17) is 9.47 Å². The van der Waals surface area contributed by atoms with Crippen LogP contribution in [0.15, 0.2) is 47.4 Å². The zero-order valence-electron chi connectivity index (χ0n) is 20.4. The minimum atomic E-state index is -3.70. The summed E-state index contributed by atoms with van der Waals surface area (Å²) >= 11 is 0. The average molecular weight is 490 g/mol. The van der Waals surface area contributed by atoms with E-state index in [1.807, 2.05) is 38.1 Å². The zero-order chi connectivity index (χ0) is 24.7. The molecule has 34 heavy (non-hydrogen) atoms. The number of morpholine rings is 1. The molecule has 186 valence electrons. The molecule has 0 aliphatic carbocycles. The Hall–Kier alpha value is -2.62. The minimum Gasteiger partial charge on any atom is -0.494 e. The van der Waals surface area contributed by atoms with Gasteiger partial charge in [-0.2, -0.15) is 4.31 Å². The van der Waals surface area contributed by atoms with E-state index >= 15 is 0 Å². The van der Waals surface area contributed by atoms with Gasteiger partial charge in [0.15, 0.2) is 0 Å². The predicted molar refractivity (Wildman–Crippen MR) is 133 cm³/mol. The molecule has 0 saturated carbocycles. The van der Waals surface area contributed by atoms with Crippen LogP contribution in [-0.4, -0.2) is 64.6 Å². The molecule has 1 atom stereocenters. The normalized spacial score (nSPS) is 15.3. The molecule has 1 unspecified atom stereocenters. The predicted octanol–water partition coefficient (Wildman–Crippen LogP) is 3.44. The number of carbonyl (C=O) groups is 1. The Morgan fingerprint density at radius 2 is 1.74 bits per heavy atom. The lowest BCUT2D eigenvalue weighted by Crippen LogP contribution is -2.38. The first-order valence-corrected chi connectivity index (χ1v) is 13.3. The van der Waals surface area contributed by atoms with Gasteiger partial charge in [0.2, 0.25) is 10.0 Å². The van der Waals surface area contributed by atoms with E-state index in [2.05, 4.69) is 10.2 Å². The lowest BCUT2D eigenvalue weighted by atomic mass is 10.1. The molecule has 0 bridgehead atoms. The highest BCUT2D eigenvalue weighted by atomic mass is 32.2. The van der Waals surface area contributed by atoms with Gasteiger partial charge in [0.25, 0.3) is 5.91 Å². The third-order valence-electron chi connectivity index (χ3n) is 5.95. The van der Waals surface area contributed by atoms with Gasteiger partial charge in [-0.15, -0.1) is 0 Å². The number of amides is 1. The van der Waals surface area contributed by atoms with Crippen LogP contribution >= 0.6 is 0 Å². The third kappa shape index (κ3) is 5.89. The first-order valence-electron chi connectivity index (χ1n) is 11.8. The number of nitrogens with zero attached hydrogens (tertiary/aromatic N) is 2. The molecule has 1 fully saturated rings. The van der Waals surface area contributed by atoms with Gasteiger partial charge >= 0.3 is 0 Å². The van der Waals surface area contributed by atoms with Crippen molar-refractivity contribution in [1.82, 2.24) is 9.62 Å². The standard InChI is InChI=1S/C25H35N3O5S/c1-5-28(6-2)34(30,31)22-12-13-24(27-14-16-32-17-15-27)23(18-22)25(29)26-19(4)20-8-10-21(11-9-20)33-7-3/h8-13,18-19H,5-7,14-17H2,1-4H3,(H,26,29). The van der Waals surface area contributed by atoms with Crippen molar-refractivity contribution in [2.24, 2.45) is 0 Å². The SMILES string of the molecule is CCOc1ccc(C(C)NC(=O)c2cc(S(=O)(=O)N(CC)CC)ccc2N2CCOCC2)cc1. The molecule has 1 heterocycles. The van der Waals surface area contributed by atoms with Crippen molar-refractivity contribution in [2.45, 2.75) is 38.6 Å². The van der Waals surface area contributed by atoms with Crippen molar-refractivity contribution in [2.75, 3.05) is 50.9 Å². The second-order valence-electron chi connectivity index (χ2n) is 8.06. The number of hydrogen-bond acceptors (Lipinski definition) is 6. The Balaban J connectivity index is 1.93. The molecular formula is C25H35N3O5S. The lowest BCUT2D eigenvalue weighted by molar-refractivity contribution is 0.0938. The molecule has 8 nitrogen and oxygen atoms in total. The number of benzene rings is 2. The van der Waals surface area contributed by atoms with Gasteiger partial charge in [0.1, 0.15) is 5.75 Å². The van der Waals surface area contributed by atoms with Crippen molar-refractivity contribution in [3.05, 3.63) is 53.6 Å².